The van der Waals surface area contributed by atoms with E-state index < -0.39 is 16.0 Å². The maximum Gasteiger partial charge on any atom is 0.335 e. The Kier molecular flexibility index (Phi) is 6.84. The van der Waals surface area contributed by atoms with Gasteiger partial charge in [-0.15, -0.1) is 0 Å². The van der Waals surface area contributed by atoms with Gasteiger partial charge < -0.3 is 14.6 Å². The van der Waals surface area contributed by atoms with Crippen molar-refractivity contribution in [2.75, 3.05) is 25.0 Å². The van der Waals surface area contributed by atoms with Crippen molar-refractivity contribution in [3.05, 3.63) is 53.1 Å². The van der Waals surface area contributed by atoms with Crippen LogP contribution in [0.1, 0.15) is 16.8 Å². The molecule has 2 aromatic carbocycles. The largest absolute Gasteiger partial charge is 0.492 e. The number of carboxylic acids is 1. The lowest BCUT2D eigenvalue weighted by atomic mass is 10.2. The van der Waals surface area contributed by atoms with Gasteiger partial charge in [0.2, 0.25) is 0 Å². The summed E-state index contributed by atoms with van der Waals surface area (Å²) in [5.41, 5.74) is 0.0857. The number of sulfonamides is 1. The van der Waals surface area contributed by atoms with Gasteiger partial charge in [-0.3, -0.25) is 4.72 Å². The third-order valence-electron chi connectivity index (χ3n) is 3.31. The molecule has 0 amide bonds. The first-order valence-corrected chi connectivity index (χ1v) is 9.47. The number of hydrogen-bond acceptors (Lipinski definition) is 5. The van der Waals surface area contributed by atoms with E-state index in [0.29, 0.717) is 13.0 Å². The molecule has 0 fully saturated rings. The fraction of sp³-hybridized carbons (Fsp3) is 0.235. The molecule has 0 aliphatic heterocycles. The van der Waals surface area contributed by atoms with Crippen LogP contribution < -0.4 is 9.46 Å². The van der Waals surface area contributed by atoms with Gasteiger partial charge in [-0.05, 0) is 36.4 Å². The molecule has 0 aromatic heterocycles. The van der Waals surface area contributed by atoms with Gasteiger partial charge >= 0.3 is 5.97 Å². The summed E-state index contributed by atoms with van der Waals surface area (Å²) in [7, 11) is -2.47. The van der Waals surface area contributed by atoms with E-state index in [4.69, 9.17) is 26.2 Å². The Morgan fingerprint density at radius 2 is 1.96 bits per heavy atom. The Morgan fingerprint density at radius 1 is 1.19 bits per heavy atom. The van der Waals surface area contributed by atoms with Crippen molar-refractivity contribution in [1.82, 2.24) is 0 Å². The number of benzene rings is 2. The van der Waals surface area contributed by atoms with Crippen LogP contribution in [0, 0.1) is 0 Å². The molecule has 0 spiro atoms. The Hall–Kier alpha value is -2.29. The number of carbonyl (C=O) groups is 1. The molecular formula is C17H18ClNO6S. The third-order valence-corrected chi connectivity index (χ3v) is 4.94. The highest BCUT2D eigenvalue weighted by molar-refractivity contribution is 7.92. The predicted octanol–water partition coefficient (Wildman–Crippen LogP) is 3.25. The SMILES string of the molecule is COCCCOc1ccc(Cl)cc1S(=O)(=O)Nc1cccc(C(=O)O)c1. The van der Waals surface area contributed by atoms with Gasteiger partial charge in [-0.2, -0.15) is 0 Å². The molecule has 0 heterocycles. The van der Waals surface area contributed by atoms with Crippen LogP contribution >= 0.6 is 11.6 Å². The number of anilines is 1. The summed E-state index contributed by atoms with van der Waals surface area (Å²) in [6.45, 7) is 0.752. The topological polar surface area (TPSA) is 102 Å². The highest BCUT2D eigenvalue weighted by Crippen LogP contribution is 2.29. The first-order chi connectivity index (χ1) is 12.3. The molecule has 0 bridgehead atoms. The summed E-state index contributed by atoms with van der Waals surface area (Å²) in [5.74, 6) is -1.01. The van der Waals surface area contributed by atoms with Crippen LogP contribution in [0.3, 0.4) is 0 Å². The summed E-state index contributed by atoms with van der Waals surface area (Å²) in [5, 5.41) is 9.25. The summed E-state index contributed by atoms with van der Waals surface area (Å²) in [6, 6.07) is 9.76. The average Bonchev–Trinajstić information content (AvgIpc) is 2.59. The van der Waals surface area contributed by atoms with Crippen LogP contribution in [0.4, 0.5) is 5.69 Å². The van der Waals surface area contributed by atoms with Crippen molar-refractivity contribution in [2.24, 2.45) is 0 Å². The van der Waals surface area contributed by atoms with Crippen LogP contribution in [0.5, 0.6) is 5.75 Å². The van der Waals surface area contributed by atoms with E-state index in [9.17, 15) is 13.2 Å². The van der Waals surface area contributed by atoms with E-state index >= 15 is 0 Å². The van der Waals surface area contributed by atoms with Crippen molar-refractivity contribution in [2.45, 2.75) is 11.3 Å². The van der Waals surface area contributed by atoms with Gasteiger partial charge in [-0.25, -0.2) is 13.2 Å². The van der Waals surface area contributed by atoms with Crippen molar-refractivity contribution < 1.29 is 27.8 Å². The zero-order valence-corrected chi connectivity index (χ0v) is 15.5. The Morgan fingerprint density at radius 3 is 2.65 bits per heavy atom. The maximum absolute atomic E-state index is 12.7. The number of methoxy groups -OCH3 is 1. The fourth-order valence-electron chi connectivity index (χ4n) is 2.12. The second-order valence-corrected chi connectivity index (χ2v) is 7.36. The minimum atomic E-state index is -4.04. The lowest BCUT2D eigenvalue weighted by Gasteiger charge is -2.14. The van der Waals surface area contributed by atoms with Crippen molar-refractivity contribution in [1.29, 1.82) is 0 Å². The van der Waals surface area contributed by atoms with E-state index in [1.54, 1.807) is 7.11 Å². The quantitative estimate of drug-likeness (QED) is 0.627. The lowest BCUT2D eigenvalue weighted by Crippen LogP contribution is -2.15. The molecule has 0 radical (unpaired) electrons. The van der Waals surface area contributed by atoms with Crippen LogP contribution in [0.25, 0.3) is 0 Å². The average molecular weight is 400 g/mol. The Balaban J connectivity index is 2.28. The minimum Gasteiger partial charge on any atom is -0.492 e. The molecular weight excluding hydrogens is 382 g/mol. The van der Waals surface area contributed by atoms with E-state index in [1.165, 1.54) is 42.5 Å². The molecule has 140 valence electrons. The summed E-state index contributed by atoms with van der Waals surface area (Å²) in [4.78, 5) is 10.9. The fourth-order valence-corrected chi connectivity index (χ4v) is 3.58. The molecule has 2 aromatic rings. The number of halogens is 1. The first-order valence-electron chi connectivity index (χ1n) is 7.61. The van der Waals surface area contributed by atoms with E-state index in [-0.39, 0.29) is 33.5 Å². The lowest BCUT2D eigenvalue weighted by molar-refractivity contribution is 0.0697. The van der Waals surface area contributed by atoms with Gasteiger partial charge in [0.05, 0.1) is 12.2 Å². The molecule has 0 atom stereocenters. The summed E-state index contributed by atoms with van der Waals surface area (Å²) < 4.78 is 38.2. The molecule has 0 unspecified atom stereocenters. The highest BCUT2D eigenvalue weighted by Gasteiger charge is 2.21. The van der Waals surface area contributed by atoms with Gasteiger partial charge in [0.15, 0.2) is 0 Å². The second kappa shape index (κ2) is 8.88. The van der Waals surface area contributed by atoms with Gasteiger partial charge in [0, 0.05) is 30.8 Å². The molecule has 0 aliphatic carbocycles. The van der Waals surface area contributed by atoms with Gasteiger partial charge in [0.1, 0.15) is 10.6 Å². The van der Waals surface area contributed by atoms with Gasteiger partial charge in [0.25, 0.3) is 10.0 Å². The Labute approximate surface area is 156 Å². The normalized spacial score (nSPS) is 11.2. The standard InChI is InChI=1S/C17H18ClNO6S/c1-24-8-3-9-25-15-7-6-13(18)11-16(15)26(22,23)19-14-5-2-4-12(10-14)17(20)21/h2,4-7,10-11,19H,3,8-9H2,1H3,(H,20,21). The van der Waals surface area contributed by atoms with E-state index in [2.05, 4.69) is 4.72 Å². The summed E-state index contributed by atoms with van der Waals surface area (Å²) in [6.07, 6.45) is 0.590. The Bertz CT molecular complexity index is 885. The summed E-state index contributed by atoms with van der Waals surface area (Å²) >= 11 is 5.93. The third kappa shape index (κ3) is 5.35. The number of hydrogen-bond donors (Lipinski definition) is 2. The number of ether oxygens (including phenoxy) is 2. The molecule has 0 saturated carbocycles. The van der Waals surface area contributed by atoms with Crippen LogP contribution in [0.15, 0.2) is 47.4 Å². The minimum absolute atomic E-state index is 0.0349. The number of aromatic carboxylic acids is 1. The van der Waals surface area contributed by atoms with Crippen molar-refractivity contribution in [3.8, 4) is 5.75 Å². The number of carboxylic acid groups (broad SMARTS) is 1. The molecule has 0 aliphatic rings. The molecule has 9 heteroatoms. The van der Waals surface area contributed by atoms with Crippen LogP contribution in [-0.2, 0) is 14.8 Å². The molecule has 7 nitrogen and oxygen atoms in total. The van der Waals surface area contributed by atoms with E-state index in [1.807, 2.05) is 0 Å². The van der Waals surface area contributed by atoms with Gasteiger partial charge in [-0.1, -0.05) is 17.7 Å². The van der Waals surface area contributed by atoms with Crippen LogP contribution in [-0.4, -0.2) is 39.8 Å². The first kappa shape index (κ1) is 20.0. The molecule has 26 heavy (non-hydrogen) atoms. The van der Waals surface area contributed by atoms with Crippen molar-refractivity contribution >= 4 is 33.3 Å². The van der Waals surface area contributed by atoms with Crippen molar-refractivity contribution in [3.63, 3.8) is 0 Å². The molecule has 2 N–H and O–H groups in total. The smallest absolute Gasteiger partial charge is 0.335 e. The monoisotopic (exact) mass is 399 g/mol. The zero-order chi connectivity index (χ0) is 19.2. The molecule has 2 rings (SSSR count). The highest BCUT2D eigenvalue weighted by atomic mass is 35.5. The number of rotatable bonds is 9. The maximum atomic E-state index is 12.7. The molecule has 0 saturated heterocycles. The van der Waals surface area contributed by atoms with Crippen LogP contribution in [0.2, 0.25) is 5.02 Å². The van der Waals surface area contributed by atoms with E-state index in [0.717, 1.165) is 0 Å². The zero-order valence-electron chi connectivity index (χ0n) is 13.9. The second-order valence-electron chi connectivity index (χ2n) is 5.28. The number of nitrogens with one attached hydrogen (secondary N) is 1. The predicted molar refractivity (Wildman–Crippen MR) is 97.6 cm³/mol.